The van der Waals surface area contributed by atoms with Crippen LogP contribution in [0.4, 0.5) is 0 Å². The molecule has 0 spiro atoms. The number of amides is 1. The number of piperazine rings is 1. The van der Waals surface area contributed by atoms with E-state index >= 15 is 0 Å². The number of nitrogens with one attached hydrogen (secondary N) is 1. The number of carbonyl (C=O) groups is 1. The molecular formula is C23H30N2O3. The van der Waals surface area contributed by atoms with Gasteiger partial charge >= 0.3 is 0 Å². The van der Waals surface area contributed by atoms with Crippen molar-refractivity contribution in [1.29, 1.82) is 0 Å². The molecule has 0 bridgehead atoms. The molecule has 5 heteroatoms. The number of hydrogen-bond donors (Lipinski definition) is 1. The van der Waals surface area contributed by atoms with Crippen LogP contribution in [0.25, 0.3) is 0 Å². The molecule has 2 atom stereocenters. The zero-order valence-corrected chi connectivity index (χ0v) is 17.0. The average molecular weight is 383 g/mol. The van der Waals surface area contributed by atoms with Gasteiger partial charge in [-0.2, -0.15) is 0 Å². The number of nitrogens with zero attached hydrogens (tertiary/aromatic N) is 1. The molecule has 2 aromatic carbocycles. The van der Waals surface area contributed by atoms with Gasteiger partial charge in [-0.25, -0.2) is 0 Å². The molecule has 150 valence electrons. The van der Waals surface area contributed by atoms with Crippen molar-refractivity contribution < 1.29 is 14.3 Å². The molecule has 1 saturated heterocycles. The second-order valence-corrected chi connectivity index (χ2v) is 7.37. The normalized spacial score (nSPS) is 17.8. The van der Waals surface area contributed by atoms with E-state index < -0.39 is 0 Å². The van der Waals surface area contributed by atoms with Gasteiger partial charge in [0, 0.05) is 31.6 Å². The van der Waals surface area contributed by atoms with Gasteiger partial charge in [0.25, 0.3) is 0 Å². The summed E-state index contributed by atoms with van der Waals surface area (Å²) in [6.45, 7) is 4.40. The van der Waals surface area contributed by atoms with Crippen LogP contribution >= 0.6 is 0 Å². The van der Waals surface area contributed by atoms with Gasteiger partial charge in [0.2, 0.25) is 5.91 Å². The molecule has 5 nitrogen and oxygen atoms in total. The summed E-state index contributed by atoms with van der Waals surface area (Å²) in [4.78, 5) is 15.2. The topological polar surface area (TPSA) is 50.8 Å². The van der Waals surface area contributed by atoms with E-state index in [0.29, 0.717) is 13.0 Å². The first-order valence-corrected chi connectivity index (χ1v) is 9.89. The first kappa shape index (κ1) is 20.2. The summed E-state index contributed by atoms with van der Waals surface area (Å²) in [5, 5.41) is 3.41. The molecule has 1 N–H and O–H groups in total. The third kappa shape index (κ3) is 4.65. The van der Waals surface area contributed by atoms with Crippen LogP contribution in [0.2, 0.25) is 0 Å². The first-order valence-electron chi connectivity index (χ1n) is 9.89. The van der Waals surface area contributed by atoms with Crippen molar-refractivity contribution >= 4 is 5.91 Å². The average Bonchev–Trinajstić information content (AvgIpc) is 2.74. The molecule has 1 heterocycles. The van der Waals surface area contributed by atoms with E-state index in [4.69, 9.17) is 9.47 Å². The third-order valence-electron chi connectivity index (χ3n) is 5.35. The summed E-state index contributed by atoms with van der Waals surface area (Å²) in [6.07, 6.45) is 1.34. The molecule has 1 aliphatic rings. The highest BCUT2D eigenvalue weighted by molar-refractivity contribution is 5.77. The maximum absolute atomic E-state index is 13.2. The molecule has 0 saturated carbocycles. The number of para-hydroxylation sites is 2. The van der Waals surface area contributed by atoms with E-state index in [-0.39, 0.29) is 17.9 Å². The molecule has 28 heavy (non-hydrogen) atoms. The summed E-state index contributed by atoms with van der Waals surface area (Å²) < 4.78 is 11.0. The molecule has 0 radical (unpaired) electrons. The largest absolute Gasteiger partial charge is 0.496 e. The maximum Gasteiger partial charge on any atom is 0.223 e. The Morgan fingerprint density at radius 2 is 1.79 bits per heavy atom. The number of ether oxygens (including phenoxy) is 2. The van der Waals surface area contributed by atoms with Gasteiger partial charge in [-0.1, -0.05) is 43.3 Å². The van der Waals surface area contributed by atoms with Crippen molar-refractivity contribution in [2.45, 2.75) is 25.8 Å². The maximum atomic E-state index is 13.2. The number of hydrogen-bond acceptors (Lipinski definition) is 4. The van der Waals surface area contributed by atoms with Crippen LogP contribution in [-0.4, -0.2) is 44.7 Å². The van der Waals surface area contributed by atoms with Crippen LogP contribution in [0, 0.1) is 5.92 Å². The van der Waals surface area contributed by atoms with E-state index in [0.717, 1.165) is 42.1 Å². The zero-order chi connectivity index (χ0) is 19.9. The van der Waals surface area contributed by atoms with Gasteiger partial charge in [-0.3, -0.25) is 4.79 Å². The molecule has 0 aliphatic carbocycles. The van der Waals surface area contributed by atoms with Crippen LogP contribution < -0.4 is 14.8 Å². The molecule has 1 fully saturated rings. The summed E-state index contributed by atoms with van der Waals surface area (Å²) in [5.41, 5.74) is 2.20. The van der Waals surface area contributed by atoms with Gasteiger partial charge < -0.3 is 19.7 Å². The molecule has 1 aliphatic heterocycles. The van der Waals surface area contributed by atoms with E-state index in [1.54, 1.807) is 14.2 Å². The lowest BCUT2D eigenvalue weighted by atomic mass is 9.95. The fourth-order valence-corrected chi connectivity index (χ4v) is 3.96. The van der Waals surface area contributed by atoms with Crippen LogP contribution in [0.1, 0.15) is 30.5 Å². The predicted molar refractivity (Wildman–Crippen MR) is 111 cm³/mol. The van der Waals surface area contributed by atoms with Crippen molar-refractivity contribution in [3.05, 3.63) is 59.7 Å². The van der Waals surface area contributed by atoms with E-state index in [9.17, 15) is 4.79 Å². The fourth-order valence-electron chi connectivity index (χ4n) is 3.96. The summed E-state index contributed by atoms with van der Waals surface area (Å²) >= 11 is 0. The molecule has 0 aromatic heterocycles. The van der Waals surface area contributed by atoms with Crippen LogP contribution in [-0.2, 0) is 11.2 Å². The Hall–Kier alpha value is -2.53. The lowest BCUT2D eigenvalue weighted by Gasteiger charge is -2.37. The summed E-state index contributed by atoms with van der Waals surface area (Å²) in [7, 11) is 3.36. The molecule has 2 unspecified atom stereocenters. The number of rotatable bonds is 7. The highest BCUT2D eigenvalue weighted by atomic mass is 16.5. The second-order valence-electron chi connectivity index (χ2n) is 7.37. The molecular weight excluding hydrogens is 352 g/mol. The zero-order valence-electron chi connectivity index (χ0n) is 17.0. The minimum absolute atomic E-state index is 0.00383. The predicted octanol–water partition coefficient (Wildman–Crippen LogP) is 3.45. The Kier molecular flexibility index (Phi) is 6.93. The smallest absolute Gasteiger partial charge is 0.223 e. The van der Waals surface area contributed by atoms with Crippen LogP contribution in [0.5, 0.6) is 11.5 Å². The highest BCUT2D eigenvalue weighted by Crippen LogP contribution is 2.31. The standard InChI is InChI=1S/C23H30N2O3/c1-17(14-18-8-4-6-10-21(18)27-2)15-23(26)25-13-12-24-16-20(25)19-9-5-7-11-22(19)28-3/h4-11,17,20,24H,12-16H2,1-3H3. The second kappa shape index (κ2) is 9.60. The Morgan fingerprint density at radius 1 is 1.11 bits per heavy atom. The molecule has 2 aromatic rings. The van der Waals surface area contributed by atoms with Crippen molar-refractivity contribution in [2.24, 2.45) is 5.92 Å². The minimum atomic E-state index is -0.00383. The van der Waals surface area contributed by atoms with Gasteiger partial charge in [-0.05, 0) is 30.0 Å². The molecule has 1 amide bonds. The summed E-state index contributed by atoms with van der Waals surface area (Å²) in [5.74, 6) is 2.14. The SMILES string of the molecule is COc1ccccc1CC(C)CC(=O)N1CCNCC1c1ccccc1OC. The van der Waals surface area contributed by atoms with Gasteiger partial charge in [0.1, 0.15) is 11.5 Å². The molecule has 3 rings (SSSR count). The van der Waals surface area contributed by atoms with Gasteiger partial charge in [0.15, 0.2) is 0 Å². The van der Waals surface area contributed by atoms with Crippen molar-refractivity contribution in [3.63, 3.8) is 0 Å². The van der Waals surface area contributed by atoms with Crippen LogP contribution in [0.3, 0.4) is 0 Å². The lowest BCUT2D eigenvalue weighted by Crippen LogP contribution is -2.49. The lowest BCUT2D eigenvalue weighted by molar-refractivity contribution is -0.135. The van der Waals surface area contributed by atoms with E-state index in [1.165, 1.54) is 0 Å². The van der Waals surface area contributed by atoms with Crippen molar-refractivity contribution in [2.75, 3.05) is 33.9 Å². The Bertz CT molecular complexity index is 793. The fraction of sp³-hybridized carbons (Fsp3) is 0.435. The third-order valence-corrected chi connectivity index (χ3v) is 5.35. The highest BCUT2D eigenvalue weighted by Gasteiger charge is 2.30. The van der Waals surface area contributed by atoms with Crippen molar-refractivity contribution in [3.8, 4) is 11.5 Å². The minimum Gasteiger partial charge on any atom is -0.496 e. The Morgan fingerprint density at radius 3 is 2.54 bits per heavy atom. The van der Waals surface area contributed by atoms with E-state index in [2.05, 4.69) is 24.4 Å². The van der Waals surface area contributed by atoms with Crippen molar-refractivity contribution in [1.82, 2.24) is 10.2 Å². The van der Waals surface area contributed by atoms with Gasteiger partial charge in [-0.15, -0.1) is 0 Å². The summed E-state index contributed by atoms with van der Waals surface area (Å²) in [6, 6.07) is 16.0. The van der Waals surface area contributed by atoms with Gasteiger partial charge in [0.05, 0.1) is 20.3 Å². The van der Waals surface area contributed by atoms with E-state index in [1.807, 2.05) is 41.3 Å². The monoisotopic (exact) mass is 382 g/mol. The number of benzene rings is 2. The van der Waals surface area contributed by atoms with Crippen LogP contribution in [0.15, 0.2) is 48.5 Å². The number of carbonyl (C=O) groups excluding carboxylic acids is 1. The number of methoxy groups -OCH3 is 2. The Labute approximate surface area is 167 Å². The quantitative estimate of drug-likeness (QED) is 0.797. The first-order chi connectivity index (χ1) is 13.6. The Balaban J connectivity index is 1.71.